The lowest BCUT2D eigenvalue weighted by atomic mass is 10.2. The molecule has 2 rings (SSSR count). The third-order valence-corrected chi connectivity index (χ3v) is 2.99. The zero-order valence-electron chi connectivity index (χ0n) is 12.6. The summed E-state index contributed by atoms with van der Waals surface area (Å²) in [5, 5.41) is 2.72. The van der Waals surface area contributed by atoms with Crippen LogP contribution in [0.25, 0.3) is 0 Å². The van der Waals surface area contributed by atoms with Gasteiger partial charge in [-0.2, -0.15) is 0 Å². The fraction of sp³-hybridized carbons (Fsp3) is 0.250. The zero-order chi connectivity index (χ0) is 15.9. The van der Waals surface area contributed by atoms with Crippen LogP contribution in [0.5, 0.6) is 11.5 Å². The van der Waals surface area contributed by atoms with Gasteiger partial charge in [0.05, 0.1) is 13.2 Å². The van der Waals surface area contributed by atoms with Gasteiger partial charge in [-0.3, -0.25) is 9.78 Å². The van der Waals surface area contributed by atoms with Gasteiger partial charge in [-0.1, -0.05) is 0 Å². The Morgan fingerprint density at radius 1 is 1.27 bits per heavy atom. The van der Waals surface area contributed by atoms with Crippen LogP contribution >= 0.6 is 0 Å². The molecule has 1 amide bonds. The average Bonchev–Trinajstić information content (AvgIpc) is 2.54. The molecule has 0 unspecified atom stereocenters. The van der Waals surface area contributed by atoms with Crippen molar-refractivity contribution in [1.29, 1.82) is 0 Å². The fourth-order valence-corrected chi connectivity index (χ4v) is 1.76. The Labute approximate surface area is 129 Å². The summed E-state index contributed by atoms with van der Waals surface area (Å²) in [4.78, 5) is 15.6. The summed E-state index contributed by atoms with van der Waals surface area (Å²) in [6.45, 7) is 2.00. The molecule has 116 valence electrons. The number of pyridine rings is 1. The van der Waals surface area contributed by atoms with Crippen molar-refractivity contribution in [1.82, 2.24) is 4.98 Å². The second-order valence-electron chi connectivity index (χ2n) is 4.79. The number of ether oxygens (including phenoxy) is 2. The van der Waals surface area contributed by atoms with Crippen LogP contribution in [0.1, 0.15) is 12.5 Å². The molecule has 0 radical (unpaired) electrons. The summed E-state index contributed by atoms with van der Waals surface area (Å²) < 4.78 is 11.0. The van der Waals surface area contributed by atoms with Gasteiger partial charge >= 0.3 is 0 Å². The van der Waals surface area contributed by atoms with Gasteiger partial charge in [-0.25, -0.2) is 0 Å². The first-order valence-corrected chi connectivity index (χ1v) is 6.86. The van der Waals surface area contributed by atoms with E-state index in [4.69, 9.17) is 15.2 Å². The monoisotopic (exact) mass is 301 g/mol. The Kier molecular flexibility index (Phi) is 5.32. The maximum Gasteiger partial charge on any atom is 0.241 e. The molecule has 0 spiro atoms. The van der Waals surface area contributed by atoms with Crippen molar-refractivity contribution in [2.24, 2.45) is 5.73 Å². The van der Waals surface area contributed by atoms with Gasteiger partial charge in [0.1, 0.15) is 6.61 Å². The molecular formula is C16H19N3O3. The Morgan fingerprint density at radius 2 is 2.00 bits per heavy atom. The SMILES string of the molecule is COc1ccc(NC(=O)[C@@H](C)N)cc1OCc1ccncc1. The van der Waals surface area contributed by atoms with Crippen LogP contribution in [-0.4, -0.2) is 24.0 Å². The molecule has 22 heavy (non-hydrogen) atoms. The van der Waals surface area contributed by atoms with Crippen molar-refractivity contribution in [2.45, 2.75) is 19.6 Å². The van der Waals surface area contributed by atoms with Crippen molar-refractivity contribution in [2.75, 3.05) is 12.4 Å². The Hall–Kier alpha value is -2.60. The molecule has 0 saturated carbocycles. The number of nitrogens with two attached hydrogens (primary N) is 1. The molecule has 1 heterocycles. The molecular weight excluding hydrogens is 282 g/mol. The molecule has 1 atom stereocenters. The van der Waals surface area contributed by atoms with E-state index >= 15 is 0 Å². The number of carbonyl (C=O) groups is 1. The van der Waals surface area contributed by atoms with Gasteiger partial charge in [0.25, 0.3) is 0 Å². The van der Waals surface area contributed by atoms with E-state index in [2.05, 4.69) is 10.3 Å². The minimum absolute atomic E-state index is 0.259. The lowest BCUT2D eigenvalue weighted by Crippen LogP contribution is -2.32. The number of amides is 1. The van der Waals surface area contributed by atoms with Crippen LogP contribution < -0.4 is 20.5 Å². The second kappa shape index (κ2) is 7.42. The number of nitrogens with one attached hydrogen (secondary N) is 1. The summed E-state index contributed by atoms with van der Waals surface area (Å²) in [5.74, 6) is 0.875. The Balaban J connectivity index is 2.12. The highest BCUT2D eigenvalue weighted by atomic mass is 16.5. The average molecular weight is 301 g/mol. The van der Waals surface area contributed by atoms with Gasteiger partial charge in [0, 0.05) is 24.1 Å². The lowest BCUT2D eigenvalue weighted by Gasteiger charge is -2.13. The van der Waals surface area contributed by atoms with E-state index in [1.54, 1.807) is 44.6 Å². The van der Waals surface area contributed by atoms with Crippen LogP contribution in [-0.2, 0) is 11.4 Å². The lowest BCUT2D eigenvalue weighted by molar-refractivity contribution is -0.117. The molecule has 0 saturated heterocycles. The highest BCUT2D eigenvalue weighted by Crippen LogP contribution is 2.30. The number of hydrogen-bond acceptors (Lipinski definition) is 5. The normalized spacial score (nSPS) is 11.6. The van der Waals surface area contributed by atoms with Crippen molar-refractivity contribution < 1.29 is 14.3 Å². The number of anilines is 1. The second-order valence-corrected chi connectivity index (χ2v) is 4.79. The van der Waals surface area contributed by atoms with Gasteiger partial charge in [0.2, 0.25) is 5.91 Å². The van der Waals surface area contributed by atoms with E-state index in [0.29, 0.717) is 23.8 Å². The maximum absolute atomic E-state index is 11.6. The fourth-order valence-electron chi connectivity index (χ4n) is 1.76. The van der Waals surface area contributed by atoms with Crippen LogP contribution in [0.3, 0.4) is 0 Å². The minimum atomic E-state index is -0.580. The van der Waals surface area contributed by atoms with Crippen LogP contribution in [0.15, 0.2) is 42.7 Å². The summed E-state index contributed by atoms with van der Waals surface area (Å²) in [5.41, 5.74) is 7.13. The highest BCUT2D eigenvalue weighted by molar-refractivity contribution is 5.94. The summed E-state index contributed by atoms with van der Waals surface area (Å²) in [6.07, 6.45) is 3.41. The maximum atomic E-state index is 11.6. The van der Waals surface area contributed by atoms with Crippen molar-refractivity contribution in [3.05, 3.63) is 48.3 Å². The summed E-state index contributed by atoms with van der Waals surface area (Å²) >= 11 is 0. The standard InChI is InChI=1S/C16H19N3O3/c1-11(17)16(20)19-13-3-4-14(21-2)15(9-13)22-10-12-5-7-18-8-6-12/h3-9,11H,10,17H2,1-2H3,(H,19,20)/t11-/m1/s1. The number of carbonyl (C=O) groups excluding carboxylic acids is 1. The van der Waals surface area contributed by atoms with Crippen LogP contribution in [0.2, 0.25) is 0 Å². The summed E-state index contributed by atoms with van der Waals surface area (Å²) in [7, 11) is 1.56. The first-order valence-electron chi connectivity index (χ1n) is 6.86. The molecule has 2 aromatic rings. The molecule has 1 aromatic carbocycles. The molecule has 0 bridgehead atoms. The van der Waals surface area contributed by atoms with E-state index in [0.717, 1.165) is 5.56 Å². The summed E-state index contributed by atoms with van der Waals surface area (Å²) in [6, 6.07) is 8.34. The van der Waals surface area contributed by atoms with Crippen molar-refractivity contribution in [3.8, 4) is 11.5 Å². The molecule has 6 heteroatoms. The number of aromatic nitrogens is 1. The first kappa shape index (κ1) is 15.8. The third-order valence-electron chi connectivity index (χ3n) is 2.99. The predicted octanol–water partition coefficient (Wildman–Crippen LogP) is 1.95. The van der Waals surface area contributed by atoms with E-state index in [9.17, 15) is 4.79 Å². The topological polar surface area (TPSA) is 86.5 Å². The Morgan fingerprint density at radius 3 is 2.64 bits per heavy atom. The van der Waals surface area contributed by atoms with Crippen LogP contribution in [0, 0.1) is 0 Å². The first-order chi connectivity index (χ1) is 10.6. The van der Waals surface area contributed by atoms with E-state index in [-0.39, 0.29) is 5.91 Å². The molecule has 0 aliphatic rings. The highest BCUT2D eigenvalue weighted by Gasteiger charge is 2.11. The number of rotatable bonds is 6. The molecule has 1 aromatic heterocycles. The molecule has 0 fully saturated rings. The van der Waals surface area contributed by atoms with Crippen molar-refractivity contribution in [3.63, 3.8) is 0 Å². The van der Waals surface area contributed by atoms with Crippen molar-refractivity contribution >= 4 is 11.6 Å². The van der Waals surface area contributed by atoms with Gasteiger partial charge in [-0.05, 0) is 36.8 Å². The number of benzene rings is 1. The molecule has 3 N–H and O–H groups in total. The van der Waals surface area contributed by atoms with E-state index < -0.39 is 6.04 Å². The quantitative estimate of drug-likeness (QED) is 0.851. The molecule has 0 aliphatic carbocycles. The number of nitrogens with zero attached hydrogens (tertiary/aromatic N) is 1. The van der Waals surface area contributed by atoms with Gasteiger partial charge < -0.3 is 20.5 Å². The predicted molar refractivity (Wildman–Crippen MR) is 83.8 cm³/mol. The smallest absolute Gasteiger partial charge is 0.241 e. The molecule has 6 nitrogen and oxygen atoms in total. The van der Waals surface area contributed by atoms with E-state index in [1.807, 2.05) is 12.1 Å². The van der Waals surface area contributed by atoms with E-state index in [1.165, 1.54) is 0 Å². The third kappa shape index (κ3) is 4.20. The molecule has 0 aliphatic heterocycles. The number of methoxy groups -OCH3 is 1. The number of hydrogen-bond donors (Lipinski definition) is 2. The van der Waals surface area contributed by atoms with Crippen LogP contribution in [0.4, 0.5) is 5.69 Å². The largest absolute Gasteiger partial charge is 0.493 e. The van der Waals surface area contributed by atoms with Gasteiger partial charge in [-0.15, -0.1) is 0 Å². The minimum Gasteiger partial charge on any atom is -0.493 e. The zero-order valence-corrected chi connectivity index (χ0v) is 12.6. The Bertz CT molecular complexity index is 630. The van der Waals surface area contributed by atoms with Gasteiger partial charge in [0.15, 0.2) is 11.5 Å².